The number of fused-ring (bicyclic) bond motifs is 1. The Labute approximate surface area is 87.8 Å². The van der Waals surface area contributed by atoms with E-state index in [2.05, 4.69) is 16.0 Å². The van der Waals surface area contributed by atoms with Crippen molar-refractivity contribution >= 4 is 11.0 Å². The summed E-state index contributed by atoms with van der Waals surface area (Å²) in [4.78, 5) is 7.76. The van der Waals surface area contributed by atoms with Crippen LogP contribution in [0.2, 0.25) is 0 Å². The predicted octanol–water partition coefficient (Wildman–Crippen LogP) is 2.39. The van der Waals surface area contributed by atoms with Crippen molar-refractivity contribution in [3.63, 3.8) is 0 Å². The molecule has 1 fully saturated rings. The summed E-state index contributed by atoms with van der Waals surface area (Å²) in [5.41, 5.74) is 2.45. The van der Waals surface area contributed by atoms with Gasteiger partial charge in [0.25, 0.3) is 0 Å². The second kappa shape index (κ2) is 3.09. The number of nitrogens with zero attached hydrogens (tertiary/aromatic N) is 2. The maximum Gasteiger partial charge on any atom is 0.107 e. The van der Waals surface area contributed by atoms with E-state index in [1.807, 2.05) is 18.2 Å². The van der Waals surface area contributed by atoms with Gasteiger partial charge < -0.3 is 4.98 Å². The van der Waals surface area contributed by atoms with E-state index >= 15 is 0 Å². The number of benzene rings is 1. The Morgan fingerprint density at radius 1 is 1.47 bits per heavy atom. The number of para-hydroxylation sites is 1. The van der Waals surface area contributed by atoms with Crippen LogP contribution >= 0.6 is 0 Å². The molecule has 15 heavy (non-hydrogen) atoms. The molecule has 0 amide bonds. The summed E-state index contributed by atoms with van der Waals surface area (Å²) in [7, 11) is 0. The Balaban J connectivity index is 2.08. The van der Waals surface area contributed by atoms with Crippen LogP contribution in [0, 0.1) is 17.2 Å². The van der Waals surface area contributed by atoms with Gasteiger partial charge in [0.05, 0.1) is 11.1 Å². The minimum Gasteiger partial charge on any atom is -0.342 e. The molecule has 0 unspecified atom stereocenters. The first-order valence-electron chi connectivity index (χ1n) is 5.24. The first-order valence-corrected chi connectivity index (χ1v) is 5.24. The van der Waals surface area contributed by atoms with Crippen LogP contribution in [-0.2, 0) is 6.42 Å². The fraction of sp³-hybridized carbons (Fsp3) is 0.333. The topological polar surface area (TPSA) is 52.5 Å². The van der Waals surface area contributed by atoms with Gasteiger partial charge in [0.1, 0.15) is 17.4 Å². The largest absolute Gasteiger partial charge is 0.342 e. The van der Waals surface area contributed by atoms with Crippen molar-refractivity contribution in [1.82, 2.24) is 9.97 Å². The van der Waals surface area contributed by atoms with Crippen molar-refractivity contribution in [3.05, 3.63) is 29.6 Å². The molecule has 0 bridgehead atoms. The Bertz CT molecular complexity index is 543. The standard InChI is InChI=1S/C12H11N3/c13-7-9-2-1-3-10-12(9)15-11(14-10)6-8-4-5-8/h1-3,8H,4-6H2,(H,14,15). The van der Waals surface area contributed by atoms with Gasteiger partial charge in [-0.2, -0.15) is 5.26 Å². The summed E-state index contributed by atoms with van der Waals surface area (Å²) in [5.74, 6) is 1.84. The summed E-state index contributed by atoms with van der Waals surface area (Å²) < 4.78 is 0. The fourth-order valence-electron chi connectivity index (χ4n) is 1.87. The third-order valence-corrected chi connectivity index (χ3v) is 2.86. The van der Waals surface area contributed by atoms with Crippen LogP contribution in [0.5, 0.6) is 0 Å². The van der Waals surface area contributed by atoms with Gasteiger partial charge >= 0.3 is 0 Å². The van der Waals surface area contributed by atoms with Crippen LogP contribution in [0.1, 0.15) is 24.2 Å². The smallest absolute Gasteiger partial charge is 0.107 e. The van der Waals surface area contributed by atoms with E-state index in [0.717, 1.165) is 29.2 Å². The number of hydrogen-bond donors (Lipinski definition) is 1. The Hall–Kier alpha value is -1.82. The highest BCUT2D eigenvalue weighted by Gasteiger charge is 2.23. The minimum atomic E-state index is 0.658. The summed E-state index contributed by atoms with van der Waals surface area (Å²) in [6, 6.07) is 7.84. The van der Waals surface area contributed by atoms with Crippen molar-refractivity contribution in [2.75, 3.05) is 0 Å². The quantitative estimate of drug-likeness (QED) is 0.803. The molecule has 2 aromatic rings. The Kier molecular flexibility index (Phi) is 1.75. The number of H-pyrrole nitrogens is 1. The lowest BCUT2D eigenvalue weighted by Crippen LogP contribution is -1.88. The number of rotatable bonds is 2. The SMILES string of the molecule is N#Cc1cccc2[nH]c(CC3CC3)nc12. The average Bonchev–Trinajstić information content (AvgIpc) is 2.95. The van der Waals surface area contributed by atoms with Gasteiger partial charge in [-0.05, 0) is 30.9 Å². The zero-order chi connectivity index (χ0) is 10.3. The Morgan fingerprint density at radius 3 is 3.07 bits per heavy atom. The monoisotopic (exact) mass is 197 g/mol. The van der Waals surface area contributed by atoms with Crippen molar-refractivity contribution in [2.24, 2.45) is 5.92 Å². The molecule has 3 heteroatoms. The number of aromatic amines is 1. The van der Waals surface area contributed by atoms with E-state index in [0.29, 0.717) is 5.56 Å². The molecule has 0 spiro atoms. The number of imidazole rings is 1. The van der Waals surface area contributed by atoms with Gasteiger partial charge in [-0.25, -0.2) is 4.98 Å². The normalized spacial score (nSPS) is 15.4. The molecule has 1 aliphatic carbocycles. The summed E-state index contributed by atoms with van der Waals surface area (Å²) in [6.07, 6.45) is 3.67. The highest BCUT2D eigenvalue weighted by Crippen LogP contribution is 2.32. The number of aromatic nitrogens is 2. The molecular formula is C12H11N3. The third-order valence-electron chi connectivity index (χ3n) is 2.86. The third kappa shape index (κ3) is 1.48. The second-order valence-electron chi connectivity index (χ2n) is 4.14. The molecular weight excluding hydrogens is 186 g/mol. The zero-order valence-corrected chi connectivity index (χ0v) is 8.33. The van der Waals surface area contributed by atoms with Crippen molar-refractivity contribution in [3.8, 4) is 6.07 Å². The predicted molar refractivity (Wildman–Crippen MR) is 57.2 cm³/mol. The maximum absolute atomic E-state index is 8.94. The lowest BCUT2D eigenvalue weighted by Gasteiger charge is -1.89. The van der Waals surface area contributed by atoms with Crippen molar-refractivity contribution in [2.45, 2.75) is 19.3 Å². The number of nitriles is 1. The average molecular weight is 197 g/mol. The van der Waals surface area contributed by atoms with Crippen LogP contribution in [0.4, 0.5) is 0 Å². The fourth-order valence-corrected chi connectivity index (χ4v) is 1.87. The molecule has 0 aliphatic heterocycles. The zero-order valence-electron chi connectivity index (χ0n) is 8.33. The van der Waals surface area contributed by atoms with E-state index < -0.39 is 0 Å². The van der Waals surface area contributed by atoms with E-state index in [9.17, 15) is 0 Å². The second-order valence-corrected chi connectivity index (χ2v) is 4.14. The van der Waals surface area contributed by atoms with Crippen LogP contribution in [0.15, 0.2) is 18.2 Å². The highest BCUT2D eigenvalue weighted by molar-refractivity contribution is 5.81. The first-order chi connectivity index (χ1) is 7.36. The van der Waals surface area contributed by atoms with Crippen LogP contribution in [-0.4, -0.2) is 9.97 Å². The summed E-state index contributed by atoms with van der Waals surface area (Å²) >= 11 is 0. The van der Waals surface area contributed by atoms with Gasteiger partial charge in [0.15, 0.2) is 0 Å². The lowest BCUT2D eigenvalue weighted by atomic mass is 10.2. The molecule has 1 N–H and O–H groups in total. The maximum atomic E-state index is 8.94. The first kappa shape index (κ1) is 8.49. The molecule has 0 radical (unpaired) electrons. The summed E-state index contributed by atoms with van der Waals surface area (Å²) in [5, 5.41) is 8.94. The van der Waals surface area contributed by atoms with E-state index in [4.69, 9.17) is 5.26 Å². The minimum absolute atomic E-state index is 0.658. The molecule has 3 nitrogen and oxygen atoms in total. The lowest BCUT2D eigenvalue weighted by molar-refractivity contribution is 0.787. The Morgan fingerprint density at radius 2 is 2.33 bits per heavy atom. The molecule has 1 aromatic carbocycles. The van der Waals surface area contributed by atoms with E-state index in [1.165, 1.54) is 12.8 Å². The van der Waals surface area contributed by atoms with Crippen molar-refractivity contribution < 1.29 is 0 Å². The molecule has 0 saturated heterocycles. The molecule has 0 atom stereocenters. The van der Waals surface area contributed by atoms with Gasteiger partial charge in [-0.3, -0.25) is 0 Å². The van der Waals surface area contributed by atoms with Gasteiger partial charge in [0.2, 0.25) is 0 Å². The number of nitrogens with one attached hydrogen (secondary N) is 1. The molecule has 1 saturated carbocycles. The molecule has 1 aromatic heterocycles. The van der Waals surface area contributed by atoms with Crippen LogP contribution in [0.25, 0.3) is 11.0 Å². The van der Waals surface area contributed by atoms with Crippen molar-refractivity contribution in [1.29, 1.82) is 5.26 Å². The molecule has 74 valence electrons. The van der Waals surface area contributed by atoms with Crippen LogP contribution in [0.3, 0.4) is 0 Å². The molecule has 1 aliphatic rings. The number of hydrogen-bond acceptors (Lipinski definition) is 2. The van der Waals surface area contributed by atoms with Gasteiger partial charge in [-0.1, -0.05) is 6.07 Å². The van der Waals surface area contributed by atoms with Crippen LogP contribution < -0.4 is 0 Å². The van der Waals surface area contributed by atoms with Gasteiger partial charge in [-0.15, -0.1) is 0 Å². The van der Waals surface area contributed by atoms with E-state index in [-0.39, 0.29) is 0 Å². The highest BCUT2D eigenvalue weighted by atomic mass is 14.9. The van der Waals surface area contributed by atoms with E-state index in [1.54, 1.807) is 0 Å². The molecule has 3 rings (SSSR count). The van der Waals surface area contributed by atoms with Gasteiger partial charge in [0, 0.05) is 6.42 Å². The molecule has 1 heterocycles. The summed E-state index contributed by atoms with van der Waals surface area (Å²) in [6.45, 7) is 0.